The average molecular weight is 424 g/mol. The third-order valence-corrected chi connectivity index (χ3v) is 5.84. The molecule has 2 amide bonds. The van der Waals surface area contributed by atoms with E-state index in [1.165, 1.54) is 0 Å². The lowest BCUT2D eigenvalue weighted by molar-refractivity contribution is -0.143. The highest BCUT2D eigenvalue weighted by molar-refractivity contribution is 5.93. The molecular formula is C24H29N3O4. The zero-order valence-corrected chi connectivity index (χ0v) is 18.1. The maximum atomic E-state index is 12.9. The average Bonchev–Trinajstić information content (AvgIpc) is 2.80. The third-order valence-electron chi connectivity index (χ3n) is 5.84. The van der Waals surface area contributed by atoms with Crippen LogP contribution in [0.1, 0.15) is 18.1 Å². The van der Waals surface area contributed by atoms with Crippen LogP contribution in [0.15, 0.2) is 42.5 Å². The number of ether oxygens (including phenoxy) is 2. The lowest BCUT2D eigenvalue weighted by Crippen LogP contribution is -2.54. The molecule has 0 radical (unpaired) electrons. The predicted octanol–water partition coefficient (Wildman–Crippen LogP) is 2.48. The second-order valence-electron chi connectivity index (χ2n) is 7.98. The molecule has 0 aliphatic carbocycles. The minimum Gasteiger partial charge on any atom is -0.485 e. The monoisotopic (exact) mass is 423 g/mol. The Hall–Kier alpha value is -3.06. The summed E-state index contributed by atoms with van der Waals surface area (Å²) in [5, 5.41) is 3.07. The van der Waals surface area contributed by atoms with E-state index in [2.05, 4.69) is 17.1 Å². The topological polar surface area (TPSA) is 71.1 Å². The van der Waals surface area contributed by atoms with Gasteiger partial charge in [-0.15, -0.1) is 0 Å². The van der Waals surface area contributed by atoms with Crippen LogP contribution in [0.2, 0.25) is 0 Å². The van der Waals surface area contributed by atoms with Crippen molar-refractivity contribution in [3.05, 3.63) is 53.6 Å². The Labute approximate surface area is 182 Å². The molecule has 1 atom stereocenters. The lowest BCUT2D eigenvalue weighted by atomic mass is 10.1. The van der Waals surface area contributed by atoms with E-state index in [1.807, 2.05) is 49.4 Å². The molecule has 7 heteroatoms. The van der Waals surface area contributed by atoms with Gasteiger partial charge in [0, 0.05) is 31.9 Å². The minimum absolute atomic E-state index is 0.0237. The SMILES string of the molecule is CCc1cccc(C)c1NC(=O)CN1CCN(C(=O)[C@@H]2COc3ccccc3O2)CC1. The fourth-order valence-corrected chi connectivity index (χ4v) is 4.06. The third kappa shape index (κ3) is 4.82. The number of anilines is 1. The largest absolute Gasteiger partial charge is 0.485 e. The summed E-state index contributed by atoms with van der Waals surface area (Å²) in [6.45, 7) is 7.06. The van der Waals surface area contributed by atoms with Crippen molar-refractivity contribution in [3.63, 3.8) is 0 Å². The summed E-state index contributed by atoms with van der Waals surface area (Å²) in [7, 11) is 0. The molecule has 4 rings (SSSR count). The molecule has 2 aliphatic heterocycles. The number of rotatable bonds is 5. The van der Waals surface area contributed by atoms with Crippen molar-refractivity contribution in [1.82, 2.24) is 9.80 Å². The summed E-state index contributed by atoms with van der Waals surface area (Å²) in [5.74, 6) is 1.18. The fourth-order valence-electron chi connectivity index (χ4n) is 4.06. The summed E-state index contributed by atoms with van der Waals surface area (Å²) in [6, 6.07) is 13.4. The summed E-state index contributed by atoms with van der Waals surface area (Å²) in [4.78, 5) is 29.4. The first kappa shape index (κ1) is 21.2. The second-order valence-corrected chi connectivity index (χ2v) is 7.98. The van der Waals surface area contributed by atoms with Gasteiger partial charge in [0.05, 0.1) is 6.54 Å². The molecule has 31 heavy (non-hydrogen) atoms. The molecule has 1 N–H and O–H groups in total. The molecule has 164 valence electrons. The quantitative estimate of drug-likeness (QED) is 0.800. The van der Waals surface area contributed by atoms with Crippen molar-refractivity contribution in [1.29, 1.82) is 0 Å². The molecule has 1 saturated heterocycles. The maximum Gasteiger partial charge on any atom is 0.267 e. The molecule has 2 aromatic carbocycles. The molecule has 0 saturated carbocycles. The molecule has 1 fully saturated rings. The van der Waals surface area contributed by atoms with E-state index >= 15 is 0 Å². The Bertz CT molecular complexity index is 954. The van der Waals surface area contributed by atoms with Gasteiger partial charge in [-0.05, 0) is 36.6 Å². The van der Waals surface area contributed by atoms with Crippen molar-refractivity contribution < 1.29 is 19.1 Å². The maximum absolute atomic E-state index is 12.9. The van der Waals surface area contributed by atoms with Crippen LogP contribution in [0.4, 0.5) is 5.69 Å². The first-order chi connectivity index (χ1) is 15.0. The van der Waals surface area contributed by atoms with E-state index in [9.17, 15) is 9.59 Å². The highest BCUT2D eigenvalue weighted by Gasteiger charge is 2.32. The minimum atomic E-state index is -0.627. The molecule has 0 spiro atoms. The molecule has 0 unspecified atom stereocenters. The Morgan fingerprint density at radius 3 is 2.52 bits per heavy atom. The van der Waals surface area contributed by atoms with E-state index < -0.39 is 6.10 Å². The van der Waals surface area contributed by atoms with E-state index in [0.29, 0.717) is 44.2 Å². The Kier molecular flexibility index (Phi) is 6.42. The molecule has 2 aromatic rings. The van der Waals surface area contributed by atoms with Crippen LogP contribution >= 0.6 is 0 Å². The van der Waals surface area contributed by atoms with Crippen LogP contribution in [-0.4, -0.2) is 67.0 Å². The van der Waals surface area contributed by atoms with Crippen molar-refractivity contribution in [2.75, 3.05) is 44.6 Å². The van der Waals surface area contributed by atoms with Gasteiger partial charge in [-0.25, -0.2) is 0 Å². The van der Waals surface area contributed by atoms with E-state index in [1.54, 1.807) is 4.90 Å². The highest BCUT2D eigenvalue weighted by atomic mass is 16.6. The van der Waals surface area contributed by atoms with Gasteiger partial charge in [-0.2, -0.15) is 0 Å². The summed E-state index contributed by atoms with van der Waals surface area (Å²) >= 11 is 0. The van der Waals surface area contributed by atoms with Gasteiger partial charge >= 0.3 is 0 Å². The number of para-hydroxylation sites is 3. The number of piperazine rings is 1. The Morgan fingerprint density at radius 1 is 1.03 bits per heavy atom. The van der Waals surface area contributed by atoms with Crippen LogP contribution < -0.4 is 14.8 Å². The van der Waals surface area contributed by atoms with Crippen LogP contribution in [0.3, 0.4) is 0 Å². The van der Waals surface area contributed by atoms with Gasteiger partial charge in [0.25, 0.3) is 5.91 Å². The van der Waals surface area contributed by atoms with Crippen LogP contribution in [0, 0.1) is 6.92 Å². The van der Waals surface area contributed by atoms with Gasteiger partial charge in [0.15, 0.2) is 11.5 Å². The predicted molar refractivity (Wildman–Crippen MR) is 119 cm³/mol. The second kappa shape index (κ2) is 9.39. The summed E-state index contributed by atoms with van der Waals surface area (Å²) < 4.78 is 11.5. The normalized spacial score (nSPS) is 18.5. The molecule has 2 aliphatic rings. The number of carbonyl (C=O) groups is 2. The number of amides is 2. The van der Waals surface area contributed by atoms with E-state index in [4.69, 9.17) is 9.47 Å². The number of benzene rings is 2. The van der Waals surface area contributed by atoms with E-state index in [-0.39, 0.29) is 18.4 Å². The van der Waals surface area contributed by atoms with Gasteiger partial charge in [-0.1, -0.05) is 37.3 Å². The molecule has 0 aromatic heterocycles. The van der Waals surface area contributed by atoms with E-state index in [0.717, 1.165) is 23.2 Å². The van der Waals surface area contributed by atoms with Gasteiger partial charge in [-0.3, -0.25) is 14.5 Å². The van der Waals surface area contributed by atoms with Crippen LogP contribution in [0.25, 0.3) is 0 Å². The summed E-state index contributed by atoms with van der Waals surface area (Å²) in [6.07, 6.45) is 0.244. The first-order valence-corrected chi connectivity index (χ1v) is 10.8. The molecule has 0 bridgehead atoms. The molecule has 7 nitrogen and oxygen atoms in total. The Morgan fingerprint density at radius 2 is 1.77 bits per heavy atom. The number of fused-ring (bicyclic) bond motifs is 1. The Balaban J connectivity index is 1.27. The summed E-state index contributed by atoms with van der Waals surface area (Å²) in [5.41, 5.74) is 3.12. The highest BCUT2D eigenvalue weighted by Crippen LogP contribution is 2.31. The van der Waals surface area contributed by atoms with Crippen molar-refractivity contribution >= 4 is 17.5 Å². The number of nitrogens with one attached hydrogen (secondary N) is 1. The van der Waals surface area contributed by atoms with Crippen LogP contribution in [-0.2, 0) is 16.0 Å². The molecular weight excluding hydrogens is 394 g/mol. The van der Waals surface area contributed by atoms with Gasteiger partial charge in [0.1, 0.15) is 6.61 Å². The lowest BCUT2D eigenvalue weighted by Gasteiger charge is -2.36. The zero-order chi connectivity index (χ0) is 21.8. The fraction of sp³-hybridized carbons (Fsp3) is 0.417. The first-order valence-electron chi connectivity index (χ1n) is 10.8. The van der Waals surface area contributed by atoms with Crippen molar-refractivity contribution in [3.8, 4) is 11.5 Å². The van der Waals surface area contributed by atoms with Crippen LogP contribution in [0.5, 0.6) is 11.5 Å². The number of aryl methyl sites for hydroxylation is 2. The number of hydrogen-bond acceptors (Lipinski definition) is 5. The zero-order valence-electron chi connectivity index (χ0n) is 18.1. The smallest absolute Gasteiger partial charge is 0.267 e. The van der Waals surface area contributed by atoms with Gasteiger partial charge < -0.3 is 19.7 Å². The number of nitrogens with zero attached hydrogens (tertiary/aromatic N) is 2. The number of hydrogen-bond donors (Lipinski definition) is 1. The standard InChI is InChI=1S/C24H29N3O4/c1-3-18-8-6-7-17(2)23(18)25-22(28)15-26-11-13-27(14-12-26)24(29)21-16-30-19-9-4-5-10-20(19)31-21/h4-10,21H,3,11-16H2,1-2H3,(H,25,28)/t21-/m0/s1. The van der Waals surface area contributed by atoms with Crippen molar-refractivity contribution in [2.24, 2.45) is 0 Å². The van der Waals surface area contributed by atoms with Crippen molar-refractivity contribution in [2.45, 2.75) is 26.4 Å². The molecule has 2 heterocycles. The number of carbonyl (C=O) groups excluding carboxylic acids is 2. The van der Waals surface area contributed by atoms with Gasteiger partial charge in [0.2, 0.25) is 12.0 Å².